The second-order valence-corrected chi connectivity index (χ2v) is 4.83. The fourth-order valence-corrected chi connectivity index (χ4v) is 3.21. The first-order valence-electron chi connectivity index (χ1n) is 5.62. The van der Waals surface area contributed by atoms with Crippen LogP contribution in [0.15, 0.2) is 24.3 Å². The van der Waals surface area contributed by atoms with Crippen LogP contribution in [-0.4, -0.2) is 5.91 Å². The van der Waals surface area contributed by atoms with Crippen LogP contribution >= 0.6 is 0 Å². The predicted octanol–water partition coefficient (Wildman–Crippen LogP) is 1.77. The maximum absolute atomic E-state index is 11.3. The van der Waals surface area contributed by atoms with Crippen LogP contribution in [-0.2, 0) is 16.6 Å². The number of carbonyl (C=O) groups is 1. The fraction of sp³-hybridized carbons (Fsp3) is 0.462. The zero-order valence-electron chi connectivity index (χ0n) is 8.70. The maximum atomic E-state index is 11.3. The molecule has 0 bridgehead atoms. The van der Waals surface area contributed by atoms with Gasteiger partial charge in [0.25, 0.3) is 0 Å². The minimum absolute atomic E-state index is 0.0962. The van der Waals surface area contributed by atoms with Gasteiger partial charge in [0.15, 0.2) is 0 Å². The Hall–Kier alpha value is -1.31. The van der Waals surface area contributed by atoms with Crippen molar-refractivity contribution >= 4 is 5.91 Å². The molecule has 0 aromatic heterocycles. The molecule has 0 aliphatic heterocycles. The standard InChI is InChI=1S/C13H15NO/c14-12(15)11-8-13(11)7-3-5-9-4-1-2-6-10(9)13/h1-2,4,6,11H,3,5,7-8H2,(H2,14,15)/t11-,13+/m0/s1. The Morgan fingerprint density at radius 2 is 2.20 bits per heavy atom. The van der Waals surface area contributed by atoms with E-state index in [1.165, 1.54) is 17.5 Å². The van der Waals surface area contributed by atoms with Crippen LogP contribution in [0.1, 0.15) is 30.4 Å². The van der Waals surface area contributed by atoms with E-state index in [4.69, 9.17) is 5.73 Å². The van der Waals surface area contributed by atoms with Crippen molar-refractivity contribution in [2.24, 2.45) is 11.7 Å². The van der Waals surface area contributed by atoms with E-state index in [1.807, 2.05) is 0 Å². The van der Waals surface area contributed by atoms with E-state index in [1.54, 1.807) is 0 Å². The zero-order chi connectivity index (χ0) is 10.5. The van der Waals surface area contributed by atoms with Crippen molar-refractivity contribution < 1.29 is 4.79 Å². The van der Waals surface area contributed by atoms with E-state index in [2.05, 4.69) is 24.3 Å². The molecule has 1 fully saturated rings. The predicted molar refractivity (Wildman–Crippen MR) is 58.4 cm³/mol. The van der Waals surface area contributed by atoms with E-state index < -0.39 is 0 Å². The smallest absolute Gasteiger partial charge is 0.221 e. The Morgan fingerprint density at radius 1 is 1.40 bits per heavy atom. The lowest BCUT2D eigenvalue weighted by atomic mass is 9.78. The number of hydrogen-bond acceptors (Lipinski definition) is 1. The van der Waals surface area contributed by atoms with Crippen molar-refractivity contribution in [3.63, 3.8) is 0 Å². The number of nitrogens with two attached hydrogens (primary N) is 1. The topological polar surface area (TPSA) is 43.1 Å². The summed E-state index contributed by atoms with van der Waals surface area (Å²) in [5.41, 5.74) is 8.36. The Bertz CT molecular complexity index is 426. The van der Waals surface area contributed by atoms with Gasteiger partial charge in [-0.15, -0.1) is 0 Å². The Labute approximate surface area is 89.5 Å². The average molecular weight is 201 g/mol. The van der Waals surface area contributed by atoms with E-state index in [-0.39, 0.29) is 17.2 Å². The van der Waals surface area contributed by atoms with Crippen molar-refractivity contribution in [3.05, 3.63) is 35.4 Å². The van der Waals surface area contributed by atoms with Crippen LogP contribution in [0, 0.1) is 5.92 Å². The van der Waals surface area contributed by atoms with Gasteiger partial charge in [-0.05, 0) is 36.8 Å². The van der Waals surface area contributed by atoms with E-state index in [0.29, 0.717) is 0 Å². The number of benzene rings is 1. The summed E-state index contributed by atoms with van der Waals surface area (Å²) < 4.78 is 0. The SMILES string of the molecule is NC(=O)[C@@H]1C[C@@]12CCCc1ccccc12. The minimum atomic E-state index is -0.119. The molecule has 0 heterocycles. The van der Waals surface area contributed by atoms with Crippen LogP contribution < -0.4 is 5.73 Å². The molecular formula is C13H15NO. The number of rotatable bonds is 1. The van der Waals surface area contributed by atoms with Crippen LogP contribution in [0.3, 0.4) is 0 Å². The summed E-state index contributed by atoms with van der Waals surface area (Å²) in [5, 5.41) is 0. The van der Waals surface area contributed by atoms with Gasteiger partial charge in [0.05, 0.1) is 0 Å². The van der Waals surface area contributed by atoms with Crippen LogP contribution in [0.25, 0.3) is 0 Å². The Kier molecular flexibility index (Phi) is 1.70. The molecule has 1 aromatic rings. The van der Waals surface area contributed by atoms with Gasteiger partial charge in [-0.25, -0.2) is 0 Å². The van der Waals surface area contributed by atoms with Crippen LogP contribution in [0.4, 0.5) is 0 Å². The fourth-order valence-electron chi connectivity index (χ4n) is 3.21. The number of amides is 1. The van der Waals surface area contributed by atoms with Gasteiger partial charge in [0.2, 0.25) is 5.91 Å². The molecule has 0 saturated heterocycles. The number of carbonyl (C=O) groups excluding carboxylic acids is 1. The number of primary amides is 1. The molecule has 1 aromatic carbocycles. The highest BCUT2D eigenvalue weighted by molar-refractivity contribution is 5.83. The first-order chi connectivity index (χ1) is 7.24. The van der Waals surface area contributed by atoms with Crippen molar-refractivity contribution in [1.29, 1.82) is 0 Å². The van der Waals surface area contributed by atoms with Crippen molar-refractivity contribution in [2.45, 2.75) is 31.1 Å². The summed E-state index contributed by atoms with van der Waals surface area (Å²) in [5.74, 6) is -0.0225. The molecule has 1 amide bonds. The molecular weight excluding hydrogens is 186 g/mol. The monoisotopic (exact) mass is 201 g/mol. The van der Waals surface area contributed by atoms with Gasteiger partial charge in [0.1, 0.15) is 0 Å². The minimum Gasteiger partial charge on any atom is -0.369 e. The molecule has 15 heavy (non-hydrogen) atoms. The quantitative estimate of drug-likeness (QED) is 0.739. The summed E-state index contributed by atoms with van der Waals surface area (Å²) in [6.45, 7) is 0. The van der Waals surface area contributed by atoms with Crippen molar-refractivity contribution in [1.82, 2.24) is 0 Å². The van der Waals surface area contributed by atoms with E-state index in [0.717, 1.165) is 19.3 Å². The van der Waals surface area contributed by atoms with Crippen molar-refractivity contribution in [2.75, 3.05) is 0 Å². The summed E-state index contributed by atoms with van der Waals surface area (Å²) in [7, 11) is 0. The summed E-state index contributed by atoms with van der Waals surface area (Å²) in [4.78, 5) is 11.3. The first-order valence-corrected chi connectivity index (χ1v) is 5.62. The Balaban J connectivity index is 2.05. The number of hydrogen-bond donors (Lipinski definition) is 1. The van der Waals surface area contributed by atoms with Crippen LogP contribution in [0.5, 0.6) is 0 Å². The molecule has 2 heteroatoms. The number of aryl methyl sites for hydroxylation is 1. The molecule has 2 N–H and O–H groups in total. The molecule has 2 atom stereocenters. The summed E-state index contributed by atoms with van der Waals surface area (Å²) in [6, 6.07) is 8.52. The third kappa shape index (κ3) is 1.14. The average Bonchev–Trinajstić information content (AvgIpc) is 2.95. The second-order valence-electron chi connectivity index (χ2n) is 4.83. The highest BCUT2D eigenvalue weighted by Crippen LogP contribution is 2.59. The van der Waals surface area contributed by atoms with Crippen molar-refractivity contribution in [3.8, 4) is 0 Å². The highest BCUT2D eigenvalue weighted by Gasteiger charge is 2.59. The maximum Gasteiger partial charge on any atom is 0.221 e. The summed E-state index contributed by atoms with van der Waals surface area (Å²) >= 11 is 0. The summed E-state index contributed by atoms with van der Waals surface area (Å²) in [6.07, 6.45) is 4.46. The molecule has 78 valence electrons. The lowest BCUT2D eigenvalue weighted by Crippen LogP contribution is -2.24. The van der Waals surface area contributed by atoms with Gasteiger partial charge < -0.3 is 5.73 Å². The largest absolute Gasteiger partial charge is 0.369 e. The molecule has 2 aliphatic rings. The van der Waals surface area contributed by atoms with Gasteiger partial charge >= 0.3 is 0 Å². The normalized spacial score (nSPS) is 32.4. The molecule has 0 radical (unpaired) electrons. The molecule has 0 unspecified atom stereocenters. The number of fused-ring (bicyclic) bond motifs is 2. The molecule has 2 nitrogen and oxygen atoms in total. The molecule has 2 aliphatic carbocycles. The molecule has 1 saturated carbocycles. The Morgan fingerprint density at radius 3 is 2.93 bits per heavy atom. The first kappa shape index (κ1) is 8.96. The van der Waals surface area contributed by atoms with Crippen LogP contribution in [0.2, 0.25) is 0 Å². The van der Waals surface area contributed by atoms with Gasteiger partial charge in [-0.3, -0.25) is 4.79 Å². The lowest BCUT2D eigenvalue weighted by molar-refractivity contribution is -0.119. The second kappa shape index (κ2) is 2.84. The van der Waals surface area contributed by atoms with E-state index in [9.17, 15) is 4.79 Å². The zero-order valence-corrected chi connectivity index (χ0v) is 8.70. The third-order valence-corrected chi connectivity index (χ3v) is 4.04. The van der Waals surface area contributed by atoms with Gasteiger partial charge in [-0.1, -0.05) is 24.3 Å². The molecule has 3 rings (SSSR count). The third-order valence-electron chi connectivity index (χ3n) is 4.04. The van der Waals surface area contributed by atoms with Gasteiger partial charge in [-0.2, -0.15) is 0 Å². The van der Waals surface area contributed by atoms with Gasteiger partial charge in [0, 0.05) is 11.3 Å². The highest BCUT2D eigenvalue weighted by atomic mass is 16.1. The lowest BCUT2D eigenvalue weighted by Gasteiger charge is -2.26. The van der Waals surface area contributed by atoms with E-state index >= 15 is 0 Å². The molecule has 1 spiro atoms.